The lowest BCUT2D eigenvalue weighted by molar-refractivity contribution is -0.133. The number of carbonyl (C=O) groups is 1. The number of amides is 1. The molecule has 15 heavy (non-hydrogen) atoms. The molecule has 1 aliphatic rings. The summed E-state index contributed by atoms with van der Waals surface area (Å²) in [4.78, 5) is 13.7. The van der Waals surface area contributed by atoms with Gasteiger partial charge in [-0.25, -0.2) is 0 Å². The smallest absolute Gasteiger partial charge is 0.230 e. The quantitative estimate of drug-likeness (QED) is 0.316. The average molecular weight is 213 g/mol. The molecule has 3 N–H and O–H groups in total. The van der Waals surface area contributed by atoms with Crippen LogP contribution in [0.1, 0.15) is 39.0 Å². The van der Waals surface area contributed by atoms with Crippen molar-refractivity contribution in [2.24, 2.45) is 10.9 Å². The van der Waals surface area contributed by atoms with Crippen LogP contribution in [-0.2, 0) is 4.79 Å². The van der Waals surface area contributed by atoms with Gasteiger partial charge in [0, 0.05) is 12.6 Å². The Morgan fingerprint density at radius 3 is 2.93 bits per heavy atom. The van der Waals surface area contributed by atoms with E-state index in [0.717, 1.165) is 25.8 Å². The third-order valence-corrected chi connectivity index (χ3v) is 2.88. The molecule has 0 radical (unpaired) electrons. The van der Waals surface area contributed by atoms with E-state index in [4.69, 9.17) is 10.9 Å². The number of likely N-dealkylation sites (tertiary alicyclic amines) is 1. The van der Waals surface area contributed by atoms with Crippen LogP contribution in [0.2, 0.25) is 0 Å². The molecule has 1 amide bonds. The maximum absolute atomic E-state index is 11.8. The van der Waals surface area contributed by atoms with E-state index in [1.165, 1.54) is 6.42 Å². The summed E-state index contributed by atoms with van der Waals surface area (Å²) in [7, 11) is 0. The molecule has 1 fully saturated rings. The second-order valence-corrected chi connectivity index (χ2v) is 3.91. The number of hydrogen-bond acceptors (Lipinski definition) is 3. The zero-order valence-electron chi connectivity index (χ0n) is 9.15. The molecule has 1 aliphatic heterocycles. The molecule has 5 nitrogen and oxygen atoms in total. The van der Waals surface area contributed by atoms with Gasteiger partial charge in [-0.2, -0.15) is 0 Å². The normalized spacial score (nSPS) is 22.9. The summed E-state index contributed by atoms with van der Waals surface area (Å²) in [6.07, 6.45) is 4.30. The van der Waals surface area contributed by atoms with E-state index in [1.54, 1.807) is 0 Å². The van der Waals surface area contributed by atoms with Crippen molar-refractivity contribution in [2.75, 3.05) is 6.54 Å². The number of hydrogen-bond donors (Lipinski definition) is 2. The first-order chi connectivity index (χ1) is 7.19. The van der Waals surface area contributed by atoms with Gasteiger partial charge in [-0.1, -0.05) is 12.1 Å². The molecule has 0 aromatic carbocycles. The summed E-state index contributed by atoms with van der Waals surface area (Å²) in [6, 6.07) is 0.331. The molecule has 1 atom stereocenters. The summed E-state index contributed by atoms with van der Waals surface area (Å²) >= 11 is 0. The van der Waals surface area contributed by atoms with Crippen LogP contribution in [0.25, 0.3) is 0 Å². The number of nitrogens with zero attached hydrogens (tertiary/aromatic N) is 2. The van der Waals surface area contributed by atoms with E-state index >= 15 is 0 Å². The summed E-state index contributed by atoms with van der Waals surface area (Å²) in [5, 5.41) is 11.2. The molecule has 0 spiro atoms. The zero-order valence-corrected chi connectivity index (χ0v) is 9.15. The zero-order chi connectivity index (χ0) is 11.3. The van der Waals surface area contributed by atoms with Gasteiger partial charge in [0.2, 0.25) is 5.91 Å². The monoisotopic (exact) mass is 213 g/mol. The standard InChI is InChI=1S/C10H19N3O2/c1-2-8-5-3-4-6-13(8)10(14)7-9(11)12-15/h8,15H,2-7H2,1H3,(H2,11,12). The van der Waals surface area contributed by atoms with Gasteiger partial charge in [-0.15, -0.1) is 0 Å². The van der Waals surface area contributed by atoms with Crippen LogP contribution < -0.4 is 5.73 Å². The van der Waals surface area contributed by atoms with Gasteiger partial charge in [0.15, 0.2) is 0 Å². The molecule has 0 aliphatic carbocycles. The van der Waals surface area contributed by atoms with Crippen LogP contribution in [-0.4, -0.2) is 34.4 Å². The molecule has 0 aromatic rings. The van der Waals surface area contributed by atoms with Crippen LogP contribution in [0.5, 0.6) is 0 Å². The highest BCUT2D eigenvalue weighted by Gasteiger charge is 2.25. The minimum absolute atomic E-state index is 0.0135. The van der Waals surface area contributed by atoms with Crippen molar-refractivity contribution in [1.29, 1.82) is 0 Å². The van der Waals surface area contributed by atoms with Gasteiger partial charge >= 0.3 is 0 Å². The fraction of sp³-hybridized carbons (Fsp3) is 0.800. The Labute approximate surface area is 89.9 Å². The lowest BCUT2D eigenvalue weighted by atomic mass is 9.99. The van der Waals surface area contributed by atoms with E-state index < -0.39 is 0 Å². The molecule has 0 bridgehead atoms. The van der Waals surface area contributed by atoms with E-state index in [0.29, 0.717) is 6.04 Å². The molecule has 86 valence electrons. The van der Waals surface area contributed by atoms with Crippen LogP contribution in [0.15, 0.2) is 5.16 Å². The SMILES string of the molecule is CCC1CCCCN1C(=O)C/C(N)=N/O. The minimum atomic E-state index is -0.0307. The number of rotatable bonds is 3. The first kappa shape index (κ1) is 11.8. The molecule has 0 saturated carbocycles. The second kappa shape index (κ2) is 5.58. The van der Waals surface area contributed by atoms with Crippen LogP contribution in [0.4, 0.5) is 0 Å². The number of oxime groups is 1. The largest absolute Gasteiger partial charge is 0.409 e. The summed E-state index contributed by atoms with van der Waals surface area (Å²) in [6.45, 7) is 2.88. The van der Waals surface area contributed by atoms with Gasteiger partial charge in [-0.05, 0) is 25.7 Å². The number of amidine groups is 1. The van der Waals surface area contributed by atoms with Crippen LogP contribution >= 0.6 is 0 Å². The van der Waals surface area contributed by atoms with Crippen molar-refractivity contribution >= 4 is 11.7 Å². The topological polar surface area (TPSA) is 78.9 Å². The maximum atomic E-state index is 11.8. The van der Waals surface area contributed by atoms with Gasteiger partial charge in [0.05, 0.1) is 6.42 Å². The minimum Gasteiger partial charge on any atom is -0.409 e. The number of carbonyl (C=O) groups excluding carboxylic acids is 1. The van der Waals surface area contributed by atoms with E-state index in [-0.39, 0.29) is 18.2 Å². The van der Waals surface area contributed by atoms with Crippen molar-refractivity contribution in [3.8, 4) is 0 Å². The first-order valence-corrected chi connectivity index (χ1v) is 5.45. The number of piperidine rings is 1. The van der Waals surface area contributed by atoms with Gasteiger partial charge in [0.1, 0.15) is 5.84 Å². The molecule has 1 saturated heterocycles. The molecule has 1 unspecified atom stereocenters. The van der Waals surface area contributed by atoms with Gasteiger partial charge in [0.25, 0.3) is 0 Å². The second-order valence-electron chi connectivity index (χ2n) is 3.91. The van der Waals surface area contributed by atoms with Crippen molar-refractivity contribution < 1.29 is 10.0 Å². The highest BCUT2D eigenvalue weighted by atomic mass is 16.4. The Hall–Kier alpha value is -1.26. The third-order valence-electron chi connectivity index (χ3n) is 2.88. The fourth-order valence-electron chi connectivity index (χ4n) is 2.05. The molecule has 1 rings (SSSR count). The summed E-state index contributed by atoms with van der Waals surface area (Å²) in [5.41, 5.74) is 5.32. The summed E-state index contributed by atoms with van der Waals surface area (Å²) < 4.78 is 0. The van der Waals surface area contributed by atoms with E-state index in [2.05, 4.69) is 12.1 Å². The van der Waals surface area contributed by atoms with E-state index in [1.807, 2.05) is 4.90 Å². The Morgan fingerprint density at radius 2 is 2.33 bits per heavy atom. The maximum Gasteiger partial charge on any atom is 0.230 e. The van der Waals surface area contributed by atoms with Gasteiger partial charge < -0.3 is 15.8 Å². The predicted octanol–water partition coefficient (Wildman–Crippen LogP) is 0.914. The molecule has 0 aromatic heterocycles. The highest BCUT2D eigenvalue weighted by molar-refractivity contribution is 5.98. The van der Waals surface area contributed by atoms with Crippen LogP contribution in [0, 0.1) is 0 Å². The summed E-state index contributed by atoms with van der Waals surface area (Å²) in [5.74, 6) is -0.0442. The van der Waals surface area contributed by atoms with Crippen molar-refractivity contribution in [3.63, 3.8) is 0 Å². The fourth-order valence-corrected chi connectivity index (χ4v) is 2.05. The Morgan fingerprint density at radius 1 is 1.60 bits per heavy atom. The van der Waals surface area contributed by atoms with Crippen LogP contribution in [0.3, 0.4) is 0 Å². The lowest BCUT2D eigenvalue weighted by Gasteiger charge is -2.35. The molecule has 1 heterocycles. The third kappa shape index (κ3) is 3.11. The Kier molecular flexibility index (Phi) is 4.39. The van der Waals surface area contributed by atoms with E-state index in [9.17, 15) is 4.79 Å². The predicted molar refractivity (Wildman–Crippen MR) is 57.7 cm³/mol. The first-order valence-electron chi connectivity index (χ1n) is 5.45. The van der Waals surface area contributed by atoms with Crippen molar-refractivity contribution in [1.82, 2.24) is 4.90 Å². The van der Waals surface area contributed by atoms with Crippen molar-refractivity contribution in [3.05, 3.63) is 0 Å². The molecular weight excluding hydrogens is 194 g/mol. The highest BCUT2D eigenvalue weighted by Crippen LogP contribution is 2.20. The average Bonchev–Trinajstić information content (AvgIpc) is 2.28. The molecular formula is C10H19N3O2. The Balaban J connectivity index is 2.56. The number of nitrogens with two attached hydrogens (primary N) is 1. The lowest BCUT2D eigenvalue weighted by Crippen LogP contribution is -2.44. The van der Waals surface area contributed by atoms with Gasteiger partial charge in [-0.3, -0.25) is 4.79 Å². The van der Waals surface area contributed by atoms with Crippen molar-refractivity contribution in [2.45, 2.75) is 45.1 Å². The molecule has 5 heteroatoms. The Bertz CT molecular complexity index is 253.